The standard InChI is InChI=1S/C20H25N5O3/c1-12-3-4-13(9-17(12)25-6-5-21-20(25)28)19(27)23-18(14-7-16(26)8-14)15-10-22-24(2)11-15/h3-4,9-11,14,16,18,26H,5-8H2,1-2H3,(H,21,28)(H,23,27). The summed E-state index contributed by atoms with van der Waals surface area (Å²) in [6.45, 7) is 3.11. The van der Waals surface area contributed by atoms with Gasteiger partial charge in [0, 0.05) is 43.1 Å². The number of hydrogen-bond donors (Lipinski definition) is 3. The Bertz CT molecular complexity index is 903. The maximum absolute atomic E-state index is 13.0. The molecule has 1 atom stereocenters. The van der Waals surface area contributed by atoms with Gasteiger partial charge in [0.25, 0.3) is 5.91 Å². The first kappa shape index (κ1) is 18.5. The lowest BCUT2D eigenvalue weighted by Crippen LogP contribution is -2.41. The van der Waals surface area contributed by atoms with E-state index in [-0.39, 0.29) is 30.0 Å². The van der Waals surface area contributed by atoms with Gasteiger partial charge in [-0.25, -0.2) is 4.79 Å². The molecule has 3 amide bonds. The molecule has 4 rings (SSSR count). The fraction of sp³-hybridized carbons (Fsp3) is 0.450. The first-order chi connectivity index (χ1) is 13.4. The number of urea groups is 1. The second-order valence-corrected chi connectivity index (χ2v) is 7.67. The minimum atomic E-state index is -0.305. The highest BCUT2D eigenvalue weighted by atomic mass is 16.3. The third-order valence-corrected chi connectivity index (χ3v) is 5.61. The zero-order valence-electron chi connectivity index (χ0n) is 16.1. The van der Waals surface area contributed by atoms with Gasteiger partial charge >= 0.3 is 6.03 Å². The summed E-state index contributed by atoms with van der Waals surface area (Å²) in [5.41, 5.74) is 3.13. The highest BCUT2D eigenvalue weighted by molar-refractivity contribution is 5.99. The third-order valence-electron chi connectivity index (χ3n) is 5.61. The Hall–Kier alpha value is -2.87. The average molecular weight is 383 g/mol. The smallest absolute Gasteiger partial charge is 0.322 e. The Morgan fingerprint density at radius 1 is 1.39 bits per heavy atom. The Labute approximate surface area is 163 Å². The van der Waals surface area contributed by atoms with Crippen LogP contribution in [0.3, 0.4) is 0 Å². The number of nitrogens with one attached hydrogen (secondary N) is 2. The normalized spacial score (nSPS) is 22.5. The van der Waals surface area contributed by atoms with Crippen LogP contribution in [0.2, 0.25) is 0 Å². The van der Waals surface area contributed by atoms with Gasteiger partial charge in [-0.15, -0.1) is 0 Å². The molecule has 0 bridgehead atoms. The van der Waals surface area contributed by atoms with E-state index >= 15 is 0 Å². The molecule has 28 heavy (non-hydrogen) atoms. The minimum Gasteiger partial charge on any atom is -0.393 e. The number of aryl methyl sites for hydroxylation is 2. The van der Waals surface area contributed by atoms with Gasteiger partial charge in [0.05, 0.1) is 18.3 Å². The minimum absolute atomic E-state index is 0.141. The largest absolute Gasteiger partial charge is 0.393 e. The van der Waals surface area contributed by atoms with Crippen molar-refractivity contribution < 1.29 is 14.7 Å². The van der Waals surface area contributed by atoms with Crippen LogP contribution in [0.5, 0.6) is 0 Å². The molecule has 2 aromatic rings. The van der Waals surface area contributed by atoms with E-state index < -0.39 is 0 Å². The Balaban J connectivity index is 1.57. The molecule has 1 aromatic heterocycles. The third kappa shape index (κ3) is 3.47. The van der Waals surface area contributed by atoms with Crippen LogP contribution in [0, 0.1) is 12.8 Å². The number of carbonyl (C=O) groups is 2. The van der Waals surface area contributed by atoms with Gasteiger partial charge in [-0.05, 0) is 43.4 Å². The van der Waals surface area contributed by atoms with Gasteiger partial charge in [-0.3, -0.25) is 14.4 Å². The maximum Gasteiger partial charge on any atom is 0.322 e. The number of carbonyl (C=O) groups excluding carboxylic acids is 2. The van der Waals surface area contributed by atoms with Gasteiger partial charge < -0.3 is 15.7 Å². The molecular weight excluding hydrogens is 358 g/mol. The molecule has 3 N–H and O–H groups in total. The quantitative estimate of drug-likeness (QED) is 0.729. The predicted octanol–water partition coefficient (Wildman–Crippen LogP) is 1.50. The van der Waals surface area contributed by atoms with Crippen molar-refractivity contribution in [3.05, 3.63) is 47.3 Å². The van der Waals surface area contributed by atoms with Crippen molar-refractivity contribution in [3.8, 4) is 0 Å². The molecule has 0 radical (unpaired) electrons. The second-order valence-electron chi connectivity index (χ2n) is 7.67. The van der Waals surface area contributed by atoms with Gasteiger partial charge in [0.15, 0.2) is 0 Å². The van der Waals surface area contributed by atoms with Crippen molar-refractivity contribution >= 4 is 17.6 Å². The van der Waals surface area contributed by atoms with E-state index in [1.807, 2.05) is 26.2 Å². The van der Waals surface area contributed by atoms with E-state index in [1.54, 1.807) is 27.9 Å². The topological polar surface area (TPSA) is 99.5 Å². The maximum atomic E-state index is 13.0. The van der Waals surface area contributed by atoms with Crippen LogP contribution in [0.25, 0.3) is 0 Å². The van der Waals surface area contributed by atoms with Crippen LogP contribution in [0.4, 0.5) is 10.5 Å². The number of nitrogens with zero attached hydrogens (tertiary/aromatic N) is 3. The van der Waals surface area contributed by atoms with Crippen LogP contribution < -0.4 is 15.5 Å². The molecule has 8 heteroatoms. The second kappa shape index (κ2) is 7.27. The molecule has 0 spiro atoms. The molecule has 8 nitrogen and oxygen atoms in total. The number of aromatic nitrogens is 2. The van der Waals surface area contributed by atoms with Crippen molar-refractivity contribution in [1.29, 1.82) is 0 Å². The van der Waals surface area contributed by atoms with Crippen molar-refractivity contribution in [2.75, 3.05) is 18.0 Å². The van der Waals surface area contributed by atoms with Crippen LogP contribution in [-0.4, -0.2) is 46.0 Å². The molecule has 1 aromatic carbocycles. The number of aliphatic hydroxyl groups excluding tert-OH is 1. The number of anilines is 1. The van der Waals surface area contributed by atoms with Gasteiger partial charge in [-0.2, -0.15) is 5.10 Å². The summed E-state index contributed by atoms with van der Waals surface area (Å²) < 4.78 is 1.71. The molecule has 1 saturated heterocycles. The first-order valence-electron chi connectivity index (χ1n) is 9.56. The lowest BCUT2D eigenvalue weighted by Gasteiger charge is -2.37. The molecule has 1 saturated carbocycles. The van der Waals surface area contributed by atoms with Crippen molar-refractivity contribution in [2.24, 2.45) is 13.0 Å². The molecule has 2 fully saturated rings. The van der Waals surface area contributed by atoms with Crippen molar-refractivity contribution in [3.63, 3.8) is 0 Å². The van der Waals surface area contributed by atoms with Gasteiger partial charge in [-0.1, -0.05) is 6.07 Å². The molecule has 2 aliphatic rings. The Morgan fingerprint density at radius 2 is 2.18 bits per heavy atom. The van der Waals surface area contributed by atoms with Crippen LogP contribution in [-0.2, 0) is 7.05 Å². The van der Waals surface area contributed by atoms with Crippen molar-refractivity contribution in [2.45, 2.75) is 31.9 Å². The SMILES string of the molecule is Cc1ccc(C(=O)NC(c2cnn(C)c2)C2CC(O)C2)cc1N1CCNC1=O. The summed E-state index contributed by atoms with van der Waals surface area (Å²) in [7, 11) is 1.84. The highest BCUT2D eigenvalue weighted by Crippen LogP contribution is 2.38. The molecule has 1 aliphatic heterocycles. The lowest BCUT2D eigenvalue weighted by atomic mass is 9.75. The first-order valence-corrected chi connectivity index (χ1v) is 9.56. The van der Waals surface area contributed by atoms with E-state index in [4.69, 9.17) is 0 Å². The Morgan fingerprint density at radius 3 is 2.79 bits per heavy atom. The Kier molecular flexibility index (Phi) is 4.80. The summed E-state index contributed by atoms with van der Waals surface area (Å²) in [5.74, 6) is -0.0199. The molecule has 1 aliphatic carbocycles. The van der Waals surface area contributed by atoms with E-state index in [0.717, 1.165) is 16.8 Å². The summed E-state index contributed by atoms with van der Waals surface area (Å²) in [5, 5.41) is 19.8. The number of hydrogen-bond acceptors (Lipinski definition) is 4. The van der Waals surface area contributed by atoms with Gasteiger partial charge in [0.1, 0.15) is 0 Å². The molecule has 1 unspecified atom stereocenters. The number of benzene rings is 1. The molecular formula is C20H25N5O3. The van der Waals surface area contributed by atoms with E-state index in [9.17, 15) is 14.7 Å². The molecule has 148 valence electrons. The fourth-order valence-corrected chi connectivity index (χ4v) is 3.94. The summed E-state index contributed by atoms with van der Waals surface area (Å²) >= 11 is 0. The van der Waals surface area contributed by atoms with Gasteiger partial charge in [0.2, 0.25) is 0 Å². The average Bonchev–Trinajstić information content (AvgIpc) is 3.26. The number of aliphatic hydroxyl groups is 1. The predicted molar refractivity (Wildman–Crippen MR) is 104 cm³/mol. The number of amides is 3. The van der Waals surface area contributed by atoms with Crippen LogP contribution in [0.15, 0.2) is 30.6 Å². The van der Waals surface area contributed by atoms with Crippen LogP contribution in [0.1, 0.15) is 40.4 Å². The summed E-state index contributed by atoms with van der Waals surface area (Å²) in [4.78, 5) is 26.7. The zero-order valence-corrected chi connectivity index (χ0v) is 16.1. The zero-order chi connectivity index (χ0) is 19.8. The molecule has 2 heterocycles. The fourth-order valence-electron chi connectivity index (χ4n) is 3.94. The summed E-state index contributed by atoms with van der Waals surface area (Å²) in [6.07, 6.45) is 4.66. The van der Waals surface area contributed by atoms with Crippen LogP contribution >= 0.6 is 0 Å². The number of rotatable bonds is 5. The summed E-state index contributed by atoms with van der Waals surface area (Å²) in [6, 6.07) is 5.06. The highest BCUT2D eigenvalue weighted by Gasteiger charge is 2.36. The van der Waals surface area contributed by atoms with E-state index in [0.29, 0.717) is 31.5 Å². The van der Waals surface area contributed by atoms with Crippen molar-refractivity contribution in [1.82, 2.24) is 20.4 Å². The monoisotopic (exact) mass is 383 g/mol. The van der Waals surface area contributed by atoms with E-state index in [1.165, 1.54) is 0 Å². The van der Waals surface area contributed by atoms with E-state index in [2.05, 4.69) is 15.7 Å². The lowest BCUT2D eigenvalue weighted by molar-refractivity contribution is 0.0235.